The maximum Gasteiger partial charge on any atom is 0.123 e. The van der Waals surface area contributed by atoms with Crippen LogP contribution in [0.4, 0.5) is 0 Å². The maximum atomic E-state index is 5.76. The minimum absolute atomic E-state index is 0.545. The molecule has 1 atom stereocenters. The predicted molar refractivity (Wildman–Crippen MR) is 70.1 cm³/mol. The van der Waals surface area contributed by atoms with Gasteiger partial charge >= 0.3 is 0 Å². The van der Waals surface area contributed by atoms with Crippen LogP contribution in [0.2, 0.25) is 0 Å². The molecule has 1 aliphatic heterocycles. The number of fused-ring (bicyclic) bond motifs is 1. The molecule has 0 saturated carbocycles. The quantitative estimate of drug-likeness (QED) is 0.868. The molecule has 17 heavy (non-hydrogen) atoms. The van der Waals surface area contributed by atoms with Crippen molar-refractivity contribution in [3.63, 3.8) is 0 Å². The van der Waals surface area contributed by atoms with E-state index in [-0.39, 0.29) is 0 Å². The number of benzene rings is 1. The van der Waals surface area contributed by atoms with Gasteiger partial charge in [-0.3, -0.25) is 4.90 Å². The van der Waals surface area contributed by atoms with Gasteiger partial charge in [-0.1, -0.05) is 13.0 Å². The maximum absolute atomic E-state index is 5.76. The van der Waals surface area contributed by atoms with Crippen molar-refractivity contribution in [1.82, 2.24) is 4.90 Å². The molecule has 1 aromatic rings. The van der Waals surface area contributed by atoms with Gasteiger partial charge in [-0.15, -0.1) is 0 Å². The first kappa shape index (κ1) is 12.4. The Hall–Kier alpha value is -1.06. The van der Waals surface area contributed by atoms with Gasteiger partial charge in [0.1, 0.15) is 5.75 Å². The molecule has 1 heterocycles. The van der Waals surface area contributed by atoms with Crippen molar-refractivity contribution in [3.8, 4) is 5.75 Å². The van der Waals surface area contributed by atoms with Crippen LogP contribution in [0.1, 0.15) is 30.0 Å². The minimum atomic E-state index is 0.545. The van der Waals surface area contributed by atoms with Gasteiger partial charge in [0.25, 0.3) is 0 Å². The molecule has 2 rings (SSSR count). The first-order valence-electron chi connectivity index (χ1n) is 6.28. The molecule has 0 bridgehead atoms. The molecule has 3 heteroatoms. The molecule has 1 aliphatic rings. The topological polar surface area (TPSA) is 38.5 Å². The summed E-state index contributed by atoms with van der Waals surface area (Å²) in [5.74, 6) is 0.926. The fraction of sp³-hybridized carbons (Fsp3) is 0.571. The fourth-order valence-electron chi connectivity index (χ4n) is 2.67. The van der Waals surface area contributed by atoms with Crippen molar-refractivity contribution in [2.24, 2.45) is 5.73 Å². The van der Waals surface area contributed by atoms with E-state index in [1.54, 1.807) is 7.11 Å². The van der Waals surface area contributed by atoms with Crippen molar-refractivity contribution in [3.05, 3.63) is 28.8 Å². The van der Waals surface area contributed by atoms with E-state index in [0.29, 0.717) is 12.6 Å². The van der Waals surface area contributed by atoms with E-state index in [1.807, 2.05) is 0 Å². The Labute approximate surface area is 104 Å². The van der Waals surface area contributed by atoms with E-state index in [9.17, 15) is 0 Å². The van der Waals surface area contributed by atoms with Crippen LogP contribution in [-0.2, 0) is 19.5 Å². The van der Waals surface area contributed by atoms with Gasteiger partial charge in [0.05, 0.1) is 7.11 Å². The summed E-state index contributed by atoms with van der Waals surface area (Å²) >= 11 is 0. The van der Waals surface area contributed by atoms with Crippen LogP contribution in [0, 0.1) is 0 Å². The molecule has 0 aliphatic carbocycles. The van der Waals surface area contributed by atoms with Gasteiger partial charge in [0.15, 0.2) is 0 Å². The van der Waals surface area contributed by atoms with Crippen molar-refractivity contribution in [2.45, 2.75) is 38.9 Å². The molecule has 0 amide bonds. The number of likely N-dealkylation sites (N-methyl/N-ethyl adjacent to an activating group) is 1. The van der Waals surface area contributed by atoms with Crippen molar-refractivity contribution in [1.29, 1.82) is 0 Å². The van der Waals surface area contributed by atoms with Crippen LogP contribution in [-0.4, -0.2) is 25.1 Å². The molecule has 0 spiro atoms. The van der Waals surface area contributed by atoms with Gasteiger partial charge in [-0.2, -0.15) is 0 Å². The zero-order chi connectivity index (χ0) is 12.4. The van der Waals surface area contributed by atoms with E-state index < -0.39 is 0 Å². The second-order valence-corrected chi connectivity index (χ2v) is 4.82. The average molecular weight is 234 g/mol. The summed E-state index contributed by atoms with van der Waals surface area (Å²) in [6, 6.07) is 5.03. The molecular weight excluding hydrogens is 212 g/mol. The molecule has 0 fully saturated rings. The summed E-state index contributed by atoms with van der Waals surface area (Å²) in [5.41, 5.74) is 9.70. The second kappa shape index (κ2) is 5.07. The summed E-state index contributed by atoms with van der Waals surface area (Å²) in [7, 11) is 3.91. The van der Waals surface area contributed by atoms with Gasteiger partial charge in [0, 0.05) is 24.7 Å². The summed E-state index contributed by atoms with van der Waals surface area (Å²) in [6.07, 6.45) is 2.32. The number of nitrogens with zero attached hydrogens (tertiary/aromatic N) is 1. The monoisotopic (exact) mass is 234 g/mol. The number of ether oxygens (including phenoxy) is 1. The lowest BCUT2D eigenvalue weighted by Crippen LogP contribution is -2.37. The summed E-state index contributed by atoms with van der Waals surface area (Å²) in [6.45, 7) is 3.80. The molecule has 1 aromatic carbocycles. The number of hydrogen-bond donors (Lipinski definition) is 1. The molecule has 0 radical (unpaired) electrons. The van der Waals surface area contributed by atoms with Gasteiger partial charge in [-0.25, -0.2) is 0 Å². The van der Waals surface area contributed by atoms with Crippen LogP contribution < -0.4 is 10.5 Å². The smallest absolute Gasteiger partial charge is 0.123 e. The molecular formula is C14H22N2O. The Morgan fingerprint density at radius 3 is 2.76 bits per heavy atom. The van der Waals surface area contributed by atoms with E-state index in [1.165, 1.54) is 17.5 Å². The third-order valence-electron chi connectivity index (χ3n) is 3.79. The lowest BCUT2D eigenvalue weighted by molar-refractivity contribution is 0.209. The van der Waals surface area contributed by atoms with Gasteiger partial charge in [0.2, 0.25) is 0 Å². The van der Waals surface area contributed by atoms with Gasteiger partial charge in [-0.05, 0) is 37.1 Å². The minimum Gasteiger partial charge on any atom is -0.496 e. The fourth-order valence-corrected chi connectivity index (χ4v) is 2.67. The molecule has 3 nitrogen and oxygen atoms in total. The molecule has 94 valence electrons. The van der Waals surface area contributed by atoms with Crippen molar-refractivity contribution < 1.29 is 4.74 Å². The lowest BCUT2D eigenvalue weighted by atomic mass is 9.91. The van der Waals surface area contributed by atoms with E-state index in [0.717, 1.165) is 24.3 Å². The largest absolute Gasteiger partial charge is 0.496 e. The molecule has 2 N–H and O–H groups in total. The van der Waals surface area contributed by atoms with E-state index in [2.05, 4.69) is 31.0 Å². The Kier molecular flexibility index (Phi) is 3.69. The number of hydrogen-bond acceptors (Lipinski definition) is 3. The Bertz CT molecular complexity index is 403. The zero-order valence-electron chi connectivity index (χ0n) is 11.0. The standard InChI is InChI=1S/C14H22N2O/c1-4-13-6-10-5-11(8-15)14(17-3)7-12(10)9-16(13)2/h5,7,13H,4,6,8-9,15H2,1-3H3. The normalized spacial score (nSPS) is 20.1. The average Bonchev–Trinajstić information content (AvgIpc) is 2.36. The third-order valence-corrected chi connectivity index (χ3v) is 3.79. The summed E-state index contributed by atoms with van der Waals surface area (Å²) in [5, 5.41) is 0. The zero-order valence-corrected chi connectivity index (χ0v) is 11.0. The summed E-state index contributed by atoms with van der Waals surface area (Å²) in [4.78, 5) is 2.42. The highest BCUT2D eigenvalue weighted by atomic mass is 16.5. The lowest BCUT2D eigenvalue weighted by Gasteiger charge is -2.34. The van der Waals surface area contributed by atoms with Crippen LogP contribution >= 0.6 is 0 Å². The molecule has 0 saturated heterocycles. The Morgan fingerprint density at radius 2 is 2.18 bits per heavy atom. The highest BCUT2D eigenvalue weighted by Gasteiger charge is 2.23. The van der Waals surface area contributed by atoms with Crippen LogP contribution in [0.15, 0.2) is 12.1 Å². The van der Waals surface area contributed by atoms with Crippen LogP contribution in [0.3, 0.4) is 0 Å². The first-order chi connectivity index (χ1) is 8.19. The highest BCUT2D eigenvalue weighted by Crippen LogP contribution is 2.30. The predicted octanol–water partition coefficient (Wildman–Crippen LogP) is 1.92. The van der Waals surface area contributed by atoms with Crippen molar-refractivity contribution >= 4 is 0 Å². The third kappa shape index (κ3) is 2.31. The Balaban J connectivity index is 2.37. The number of rotatable bonds is 3. The SMILES string of the molecule is CCC1Cc2cc(CN)c(OC)cc2CN1C. The van der Waals surface area contributed by atoms with Crippen molar-refractivity contribution in [2.75, 3.05) is 14.2 Å². The summed E-state index contributed by atoms with van der Waals surface area (Å²) < 4.78 is 5.39. The number of nitrogens with two attached hydrogens (primary N) is 1. The highest BCUT2D eigenvalue weighted by molar-refractivity contribution is 5.44. The molecule has 1 unspecified atom stereocenters. The number of methoxy groups -OCH3 is 1. The Morgan fingerprint density at radius 1 is 1.41 bits per heavy atom. The first-order valence-corrected chi connectivity index (χ1v) is 6.28. The van der Waals surface area contributed by atoms with Crippen LogP contribution in [0.5, 0.6) is 5.75 Å². The van der Waals surface area contributed by atoms with Gasteiger partial charge < -0.3 is 10.5 Å². The van der Waals surface area contributed by atoms with E-state index in [4.69, 9.17) is 10.5 Å². The van der Waals surface area contributed by atoms with E-state index >= 15 is 0 Å². The molecule has 0 aromatic heterocycles. The second-order valence-electron chi connectivity index (χ2n) is 4.82. The van der Waals surface area contributed by atoms with Crippen LogP contribution in [0.25, 0.3) is 0 Å².